The molecule has 0 atom stereocenters. The van der Waals surface area contributed by atoms with Gasteiger partial charge in [0.25, 0.3) is 0 Å². The molecule has 0 radical (unpaired) electrons. The Balaban J connectivity index is 2.83. The molecular formula is C15H21NO4. The lowest BCUT2D eigenvalue weighted by molar-refractivity contribution is 0.0488. The van der Waals surface area contributed by atoms with Crippen molar-refractivity contribution in [1.29, 1.82) is 0 Å². The maximum Gasteiger partial charge on any atom is 0.419 e. The van der Waals surface area contributed by atoms with Crippen molar-refractivity contribution in [1.82, 2.24) is 4.90 Å². The molecule has 0 fully saturated rings. The van der Waals surface area contributed by atoms with E-state index in [0.717, 1.165) is 10.5 Å². The van der Waals surface area contributed by atoms with Crippen LogP contribution in [0.2, 0.25) is 0 Å². The number of carbonyl (C=O) groups excluding carboxylic acids is 2. The van der Waals surface area contributed by atoms with Gasteiger partial charge < -0.3 is 9.47 Å². The van der Waals surface area contributed by atoms with E-state index >= 15 is 0 Å². The average molecular weight is 279 g/mol. The van der Waals surface area contributed by atoms with Gasteiger partial charge in [0.2, 0.25) is 0 Å². The van der Waals surface area contributed by atoms with Crippen LogP contribution in [0.5, 0.6) is 0 Å². The lowest BCUT2D eigenvalue weighted by Gasteiger charge is -2.22. The average Bonchev–Trinajstić information content (AvgIpc) is 2.35. The maximum atomic E-state index is 12.0. The fourth-order valence-corrected chi connectivity index (χ4v) is 1.50. The molecule has 0 bridgehead atoms. The number of hydrogen-bond acceptors (Lipinski definition) is 4. The van der Waals surface area contributed by atoms with E-state index < -0.39 is 12.2 Å². The van der Waals surface area contributed by atoms with Crippen molar-refractivity contribution >= 4 is 12.2 Å². The van der Waals surface area contributed by atoms with E-state index in [1.165, 1.54) is 0 Å². The molecule has 0 aliphatic carbocycles. The zero-order valence-corrected chi connectivity index (χ0v) is 12.3. The van der Waals surface area contributed by atoms with Crippen LogP contribution >= 0.6 is 0 Å². The SMILES string of the molecule is CC(C)OC(=O)N(Cc1ccccc1)C(=O)OC(C)C. The van der Waals surface area contributed by atoms with Gasteiger partial charge in [-0.1, -0.05) is 30.3 Å². The second-order valence-corrected chi connectivity index (χ2v) is 4.94. The van der Waals surface area contributed by atoms with Crippen molar-refractivity contribution in [3.05, 3.63) is 35.9 Å². The molecule has 0 aliphatic heterocycles. The van der Waals surface area contributed by atoms with Crippen LogP contribution in [0.15, 0.2) is 30.3 Å². The summed E-state index contributed by atoms with van der Waals surface area (Å²) in [6, 6.07) is 9.22. The van der Waals surface area contributed by atoms with Crippen LogP contribution in [0, 0.1) is 0 Å². The molecule has 5 heteroatoms. The monoisotopic (exact) mass is 279 g/mol. The van der Waals surface area contributed by atoms with E-state index in [1.54, 1.807) is 27.7 Å². The third-order valence-electron chi connectivity index (χ3n) is 2.30. The van der Waals surface area contributed by atoms with Crippen LogP contribution < -0.4 is 0 Å². The van der Waals surface area contributed by atoms with Crippen LogP contribution in [0.4, 0.5) is 9.59 Å². The molecule has 0 saturated carbocycles. The predicted molar refractivity (Wildman–Crippen MR) is 75.2 cm³/mol. The number of benzene rings is 1. The summed E-state index contributed by atoms with van der Waals surface area (Å²) in [5, 5.41) is 0. The molecule has 5 nitrogen and oxygen atoms in total. The normalized spacial score (nSPS) is 10.5. The Kier molecular flexibility index (Phi) is 6.03. The van der Waals surface area contributed by atoms with Gasteiger partial charge >= 0.3 is 12.2 Å². The van der Waals surface area contributed by atoms with Gasteiger partial charge in [-0.15, -0.1) is 0 Å². The molecule has 1 aromatic rings. The summed E-state index contributed by atoms with van der Waals surface area (Å²) in [5.41, 5.74) is 0.828. The molecule has 1 aromatic carbocycles. The number of imide groups is 1. The zero-order valence-electron chi connectivity index (χ0n) is 12.3. The highest BCUT2D eigenvalue weighted by Crippen LogP contribution is 2.10. The summed E-state index contributed by atoms with van der Waals surface area (Å²) in [5.74, 6) is 0. The summed E-state index contributed by atoms with van der Waals surface area (Å²) < 4.78 is 10.1. The predicted octanol–water partition coefficient (Wildman–Crippen LogP) is 3.58. The van der Waals surface area contributed by atoms with Gasteiger partial charge in [-0.25, -0.2) is 14.5 Å². The van der Waals surface area contributed by atoms with Crippen LogP contribution in [-0.4, -0.2) is 29.3 Å². The van der Waals surface area contributed by atoms with Gasteiger partial charge in [-0.3, -0.25) is 0 Å². The van der Waals surface area contributed by atoms with Gasteiger partial charge in [0, 0.05) is 0 Å². The summed E-state index contributed by atoms with van der Waals surface area (Å²) in [7, 11) is 0. The van der Waals surface area contributed by atoms with E-state index in [2.05, 4.69) is 0 Å². The smallest absolute Gasteiger partial charge is 0.419 e. The highest BCUT2D eigenvalue weighted by Gasteiger charge is 2.26. The van der Waals surface area contributed by atoms with Gasteiger partial charge in [-0.2, -0.15) is 0 Å². The Morgan fingerprint density at radius 1 is 0.950 bits per heavy atom. The van der Waals surface area contributed by atoms with Gasteiger partial charge in [-0.05, 0) is 33.3 Å². The summed E-state index contributed by atoms with van der Waals surface area (Å²) in [6.07, 6.45) is -2.00. The van der Waals surface area contributed by atoms with Crippen LogP contribution in [0.25, 0.3) is 0 Å². The minimum Gasteiger partial charge on any atom is -0.446 e. The largest absolute Gasteiger partial charge is 0.446 e. The van der Waals surface area contributed by atoms with Gasteiger partial charge in [0.1, 0.15) is 0 Å². The van der Waals surface area contributed by atoms with Gasteiger partial charge in [0.05, 0.1) is 18.8 Å². The highest BCUT2D eigenvalue weighted by atomic mass is 16.6. The summed E-state index contributed by atoms with van der Waals surface area (Å²) in [6.45, 7) is 7.04. The van der Waals surface area contributed by atoms with Crippen molar-refractivity contribution in [2.24, 2.45) is 0 Å². The van der Waals surface area contributed by atoms with E-state index in [4.69, 9.17) is 9.47 Å². The van der Waals surface area contributed by atoms with Crippen LogP contribution in [0.3, 0.4) is 0 Å². The molecule has 0 aromatic heterocycles. The van der Waals surface area contributed by atoms with Gasteiger partial charge in [0.15, 0.2) is 0 Å². The van der Waals surface area contributed by atoms with Crippen molar-refractivity contribution in [3.8, 4) is 0 Å². The number of rotatable bonds is 4. The second kappa shape index (κ2) is 7.53. The Morgan fingerprint density at radius 3 is 1.80 bits per heavy atom. The molecule has 0 saturated heterocycles. The minimum absolute atomic E-state index is 0.123. The van der Waals surface area contributed by atoms with E-state index in [-0.39, 0.29) is 18.8 Å². The molecule has 0 unspecified atom stereocenters. The first-order chi connectivity index (χ1) is 9.40. The molecule has 0 heterocycles. The Labute approximate surface area is 119 Å². The Morgan fingerprint density at radius 2 is 1.40 bits per heavy atom. The molecule has 20 heavy (non-hydrogen) atoms. The number of ether oxygens (including phenoxy) is 2. The first kappa shape index (κ1) is 16.0. The maximum absolute atomic E-state index is 12.0. The third kappa shape index (κ3) is 5.30. The topological polar surface area (TPSA) is 55.8 Å². The van der Waals surface area contributed by atoms with Crippen molar-refractivity contribution < 1.29 is 19.1 Å². The molecule has 0 N–H and O–H groups in total. The van der Waals surface area contributed by atoms with E-state index in [9.17, 15) is 9.59 Å². The first-order valence-electron chi connectivity index (χ1n) is 6.62. The molecule has 2 amide bonds. The van der Waals surface area contributed by atoms with E-state index in [0.29, 0.717) is 0 Å². The molecule has 1 rings (SSSR count). The van der Waals surface area contributed by atoms with Crippen molar-refractivity contribution in [3.63, 3.8) is 0 Å². The number of hydrogen-bond donors (Lipinski definition) is 0. The van der Waals surface area contributed by atoms with Crippen molar-refractivity contribution in [2.75, 3.05) is 0 Å². The van der Waals surface area contributed by atoms with E-state index in [1.807, 2.05) is 30.3 Å². The lowest BCUT2D eigenvalue weighted by Crippen LogP contribution is -2.39. The fraction of sp³-hybridized carbons (Fsp3) is 0.467. The summed E-state index contributed by atoms with van der Waals surface area (Å²) in [4.78, 5) is 24.9. The molecular weight excluding hydrogens is 258 g/mol. The minimum atomic E-state index is -0.700. The first-order valence-corrected chi connectivity index (χ1v) is 6.62. The highest BCUT2D eigenvalue weighted by molar-refractivity contribution is 5.87. The molecule has 0 spiro atoms. The standard InChI is InChI=1S/C15H21NO4/c1-11(2)19-14(17)16(15(18)20-12(3)4)10-13-8-6-5-7-9-13/h5-9,11-12H,10H2,1-4H3. The number of amides is 2. The third-order valence-corrected chi connectivity index (χ3v) is 2.30. The lowest BCUT2D eigenvalue weighted by atomic mass is 10.2. The quantitative estimate of drug-likeness (QED) is 0.845. The zero-order chi connectivity index (χ0) is 15.1. The number of nitrogens with zero attached hydrogens (tertiary/aromatic N) is 1. The Bertz CT molecular complexity index is 420. The Hall–Kier alpha value is -2.04. The second-order valence-electron chi connectivity index (χ2n) is 4.94. The van der Waals surface area contributed by atoms with Crippen LogP contribution in [0.1, 0.15) is 33.3 Å². The number of carbonyl (C=O) groups is 2. The molecule has 110 valence electrons. The van der Waals surface area contributed by atoms with Crippen molar-refractivity contribution in [2.45, 2.75) is 46.4 Å². The summed E-state index contributed by atoms with van der Waals surface area (Å²) >= 11 is 0. The van der Waals surface area contributed by atoms with Crippen LogP contribution in [-0.2, 0) is 16.0 Å². The molecule has 0 aliphatic rings. The fourth-order valence-electron chi connectivity index (χ4n) is 1.50.